The number of rotatable bonds is 5. The molecule has 34 heavy (non-hydrogen) atoms. The Kier molecular flexibility index (Phi) is 6.17. The van der Waals surface area contributed by atoms with Crippen LogP contribution in [0.4, 0.5) is 5.69 Å². The monoisotopic (exact) mass is 533 g/mol. The van der Waals surface area contributed by atoms with E-state index >= 15 is 0 Å². The summed E-state index contributed by atoms with van der Waals surface area (Å²) in [7, 11) is 1.37. The number of benzene rings is 2. The van der Waals surface area contributed by atoms with Crippen LogP contribution in [-0.2, 0) is 4.74 Å². The molecule has 170 valence electrons. The number of thiocarbonyl (C=S) groups is 1. The zero-order chi connectivity index (χ0) is 23.7. The lowest BCUT2D eigenvalue weighted by Gasteiger charge is -2.26. The molecule has 0 unspecified atom stereocenters. The average Bonchev–Trinajstić information content (AvgIpc) is 3.49. The van der Waals surface area contributed by atoms with Gasteiger partial charge in [-0.05, 0) is 66.8 Å². The van der Waals surface area contributed by atoms with Gasteiger partial charge in [0.1, 0.15) is 17.6 Å². The first-order chi connectivity index (χ1) is 16.6. The van der Waals surface area contributed by atoms with Gasteiger partial charge in [0.2, 0.25) is 0 Å². The molecule has 1 N–H and O–H groups in total. The van der Waals surface area contributed by atoms with Crippen molar-refractivity contribution in [2.45, 2.75) is 12.1 Å². The van der Waals surface area contributed by atoms with E-state index in [2.05, 4.69) is 26.2 Å². The maximum absolute atomic E-state index is 12.3. The Bertz CT molecular complexity index is 1340. The molecule has 0 spiro atoms. The van der Waals surface area contributed by atoms with E-state index in [9.17, 15) is 4.79 Å². The summed E-state index contributed by atoms with van der Waals surface area (Å²) in [6.07, 6.45) is 1.76. The van der Waals surface area contributed by atoms with Gasteiger partial charge in [0.15, 0.2) is 5.11 Å². The molecule has 5 rings (SSSR count). The van der Waals surface area contributed by atoms with E-state index in [4.69, 9.17) is 21.4 Å². The van der Waals surface area contributed by atoms with E-state index in [0.717, 1.165) is 15.9 Å². The topological polar surface area (TPSA) is 67.6 Å². The molecule has 2 aromatic carbocycles. The third kappa shape index (κ3) is 4.10. The van der Waals surface area contributed by atoms with Gasteiger partial charge in [-0.2, -0.15) is 0 Å². The fraction of sp³-hybridized carbons (Fsp3) is 0.115. The van der Waals surface area contributed by atoms with Gasteiger partial charge in [-0.3, -0.25) is 4.98 Å². The second kappa shape index (κ2) is 9.40. The Hall–Kier alpha value is -3.49. The van der Waals surface area contributed by atoms with Crippen molar-refractivity contribution in [1.29, 1.82) is 0 Å². The summed E-state index contributed by atoms with van der Waals surface area (Å²) in [5, 5.41) is 4.00. The Balaban J connectivity index is 1.60. The standard InChI is InChI=1S/C26H20BrN3O3S/c1-32-25(31)19-7-3-2-6-18(19)21-13-14-22(33-21)24-23(20-8-4-5-15-28-20)29-26(34)30(24)17-11-9-16(27)10-12-17/h2-15,23-24H,1H3,(H,29,34)/t23-,24-/m0/s1. The number of hydrogen-bond acceptors (Lipinski definition) is 5. The van der Waals surface area contributed by atoms with Crippen molar-refractivity contribution in [1.82, 2.24) is 10.3 Å². The fourth-order valence-electron chi connectivity index (χ4n) is 4.17. The predicted octanol–water partition coefficient (Wildman–Crippen LogP) is 6.07. The number of carbonyl (C=O) groups is 1. The van der Waals surface area contributed by atoms with Crippen LogP contribution < -0.4 is 10.2 Å². The van der Waals surface area contributed by atoms with E-state index < -0.39 is 5.97 Å². The largest absolute Gasteiger partial charge is 0.465 e. The number of ether oxygens (including phenoxy) is 1. The number of pyridine rings is 1. The SMILES string of the molecule is COC(=O)c1ccccc1-c1ccc([C@H]2[C@H](c3ccccn3)NC(=S)N2c2ccc(Br)cc2)o1. The first-order valence-corrected chi connectivity index (χ1v) is 11.8. The van der Waals surface area contributed by atoms with Gasteiger partial charge in [-0.1, -0.05) is 40.2 Å². The minimum Gasteiger partial charge on any atom is -0.465 e. The first kappa shape index (κ1) is 22.3. The number of halogens is 1. The van der Waals surface area contributed by atoms with Crippen LogP contribution in [0.2, 0.25) is 0 Å². The van der Waals surface area contributed by atoms with E-state index in [0.29, 0.717) is 27.8 Å². The van der Waals surface area contributed by atoms with Gasteiger partial charge < -0.3 is 19.4 Å². The van der Waals surface area contributed by atoms with E-state index in [1.807, 2.05) is 71.6 Å². The Morgan fingerprint density at radius 1 is 1.06 bits per heavy atom. The molecular weight excluding hydrogens is 514 g/mol. The third-order valence-electron chi connectivity index (χ3n) is 5.72. The molecule has 1 saturated heterocycles. The molecule has 0 aliphatic carbocycles. The van der Waals surface area contributed by atoms with Gasteiger partial charge in [0.25, 0.3) is 0 Å². The number of nitrogens with one attached hydrogen (secondary N) is 1. The van der Waals surface area contributed by atoms with Crippen LogP contribution in [0, 0.1) is 0 Å². The van der Waals surface area contributed by atoms with Gasteiger partial charge >= 0.3 is 5.97 Å². The summed E-state index contributed by atoms with van der Waals surface area (Å²) in [5.74, 6) is 0.852. The van der Waals surface area contributed by atoms with Crippen molar-refractivity contribution in [3.8, 4) is 11.3 Å². The molecule has 2 aromatic heterocycles. The van der Waals surface area contributed by atoms with Gasteiger partial charge in [-0.15, -0.1) is 0 Å². The molecule has 0 amide bonds. The lowest BCUT2D eigenvalue weighted by Crippen LogP contribution is -2.29. The molecule has 3 heterocycles. The van der Waals surface area contributed by atoms with Crippen LogP contribution in [0.1, 0.15) is 33.9 Å². The van der Waals surface area contributed by atoms with Gasteiger partial charge in [0.05, 0.1) is 24.4 Å². The number of furan rings is 1. The molecule has 1 aliphatic heterocycles. The van der Waals surface area contributed by atoms with Crippen LogP contribution in [0.15, 0.2) is 93.9 Å². The lowest BCUT2D eigenvalue weighted by molar-refractivity contribution is 0.0601. The minimum absolute atomic E-state index is 0.229. The molecular formula is C26H20BrN3O3S. The summed E-state index contributed by atoms with van der Waals surface area (Å²) >= 11 is 9.25. The second-order valence-corrected chi connectivity index (χ2v) is 9.01. The van der Waals surface area contributed by atoms with Crippen molar-refractivity contribution in [3.05, 3.63) is 107 Å². The minimum atomic E-state index is -0.417. The maximum atomic E-state index is 12.3. The van der Waals surface area contributed by atoms with Crippen LogP contribution in [0.3, 0.4) is 0 Å². The summed E-state index contributed by atoms with van der Waals surface area (Å²) in [4.78, 5) is 18.9. The van der Waals surface area contributed by atoms with Gasteiger partial charge in [0, 0.05) is 21.9 Å². The molecule has 0 bridgehead atoms. The summed E-state index contributed by atoms with van der Waals surface area (Å²) in [6.45, 7) is 0. The fourth-order valence-corrected chi connectivity index (χ4v) is 4.78. The van der Waals surface area contributed by atoms with Crippen molar-refractivity contribution >= 4 is 44.9 Å². The molecule has 0 saturated carbocycles. The Morgan fingerprint density at radius 2 is 1.82 bits per heavy atom. The molecule has 0 radical (unpaired) electrons. The zero-order valence-electron chi connectivity index (χ0n) is 18.1. The maximum Gasteiger partial charge on any atom is 0.338 e. The lowest BCUT2D eigenvalue weighted by atomic mass is 10.0. The molecule has 2 atom stereocenters. The number of carbonyl (C=O) groups excluding carboxylic acids is 1. The first-order valence-electron chi connectivity index (χ1n) is 10.6. The number of methoxy groups -OCH3 is 1. The quantitative estimate of drug-likeness (QED) is 0.246. The molecule has 8 heteroatoms. The molecule has 6 nitrogen and oxygen atoms in total. The zero-order valence-corrected chi connectivity index (χ0v) is 20.5. The third-order valence-corrected chi connectivity index (χ3v) is 6.56. The van der Waals surface area contributed by atoms with Crippen molar-refractivity contribution in [3.63, 3.8) is 0 Å². The Morgan fingerprint density at radius 3 is 2.56 bits per heavy atom. The smallest absolute Gasteiger partial charge is 0.338 e. The number of anilines is 1. The highest BCUT2D eigenvalue weighted by Gasteiger charge is 2.42. The van der Waals surface area contributed by atoms with Crippen molar-refractivity contribution in [2.75, 3.05) is 12.0 Å². The van der Waals surface area contributed by atoms with Crippen LogP contribution in [0.5, 0.6) is 0 Å². The van der Waals surface area contributed by atoms with Gasteiger partial charge in [-0.25, -0.2) is 4.79 Å². The van der Waals surface area contributed by atoms with Crippen molar-refractivity contribution < 1.29 is 13.9 Å². The highest BCUT2D eigenvalue weighted by atomic mass is 79.9. The summed E-state index contributed by atoms with van der Waals surface area (Å²) in [5.41, 5.74) is 2.88. The van der Waals surface area contributed by atoms with Crippen molar-refractivity contribution in [2.24, 2.45) is 0 Å². The normalized spacial score (nSPS) is 17.5. The number of nitrogens with zero attached hydrogens (tertiary/aromatic N) is 2. The molecule has 1 fully saturated rings. The summed E-state index contributed by atoms with van der Waals surface area (Å²) in [6, 6.07) is 24.3. The number of esters is 1. The molecule has 1 aliphatic rings. The predicted molar refractivity (Wildman–Crippen MR) is 138 cm³/mol. The number of aromatic nitrogens is 1. The van der Waals surface area contributed by atoms with E-state index in [1.165, 1.54) is 7.11 Å². The highest BCUT2D eigenvalue weighted by Crippen LogP contribution is 2.43. The number of hydrogen-bond donors (Lipinski definition) is 1. The average molecular weight is 534 g/mol. The van der Waals surface area contributed by atoms with Crippen LogP contribution in [-0.4, -0.2) is 23.2 Å². The van der Waals surface area contributed by atoms with Crippen LogP contribution >= 0.6 is 28.1 Å². The summed E-state index contributed by atoms with van der Waals surface area (Å²) < 4.78 is 12.3. The molecule has 4 aromatic rings. The van der Waals surface area contributed by atoms with E-state index in [1.54, 1.807) is 18.3 Å². The second-order valence-electron chi connectivity index (χ2n) is 7.71. The Labute approximate surface area is 210 Å². The van der Waals surface area contributed by atoms with E-state index in [-0.39, 0.29) is 12.1 Å². The highest BCUT2D eigenvalue weighted by molar-refractivity contribution is 9.10. The van der Waals surface area contributed by atoms with Crippen LogP contribution in [0.25, 0.3) is 11.3 Å².